The first-order chi connectivity index (χ1) is 33.1. The van der Waals surface area contributed by atoms with E-state index >= 15 is 0 Å². The predicted molar refractivity (Wildman–Crippen MR) is 293 cm³/mol. The second-order valence-electron chi connectivity index (χ2n) is 16.9. The third-order valence-electron chi connectivity index (χ3n) is 10.7. The molecule has 7 rings (SSSR count). The predicted octanol–water partition coefficient (Wildman–Crippen LogP) is 13.4. The van der Waals surface area contributed by atoms with Crippen molar-refractivity contribution in [2.24, 2.45) is 0 Å². The molecule has 0 amide bonds. The number of hydrogen-bond donors (Lipinski definition) is 0. The van der Waals surface area contributed by atoms with Crippen LogP contribution in [0.3, 0.4) is 0 Å². The van der Waals surface area contributed by atoms with Gasteiger partial charge in [-0.05, 0) is 0 Å². The fourth-order valence-electron chi connectivity index (χ4n) is 6.64. The molecule has 0 N–H and O–H groups in total. The van der Waals surface area contributed by atoms with E-state index in [0.717, 1.165) is 77.3 Å². The van der Waals surface area contributed by atoms with Gasteiger partial charge in [-0.25, -0.2) is 0 Å². The van der Waals surface area contributed by atoms with Gasteiger partial charge in [0.1, 0.15) is 0 Å². The van der Waals surface area contributed by atoms with Crippen LogP contribution in [0, 0.1) is 0 Å². The molecule has 6 nitrogen and oxygen atoms in total. The van der Waals surface area contributed by atoms with E-state index in [1.54, 1.807) is 0 Å². The van der Waals surface area contributed by atoms with Crippen molar-refractivity contribution in [1.29, 1.82) is 0 Å². The van der Waals surface area contributed by atoms with Crippen molar-refractivity contribution in [1.82, 2.24) is 0 Å². The van der Waals surface area contributed by atoms with Crippen molar-refractivity contribution in [2.75, 3.05) is 0 Å². The summed E-state index contributed by atoms with van der Waals surface area (Å²) in [5, 5.41) is 0. The second kappa shape index (κ2) is 23.7. The zero-order valence-corrected chi connectivity index (χ0v) is 47.8. The summed E-state index contributed by atoms with van der Waals surface area (Å²) in [6.07, 6.45) is 0. The van der Waals surface area contributed by atoms with Gasteiger partial charge in [-0.2, -0.15) is 0 Å². The molecule has 0 bridgehead atoms. The van der Waals surface area contributed by atoms with Crippen molar-refractivity contribution in [3.8, 4) is 34.5 Å². The second-order valence-corrected chi connectivity index (χ2v) is 28.8. The van der Waals surface area contributed by atoms with E-state index in [0.29, 0.717) is 34.5 Å². The summed E-state index contributed by atoms with van der Waals surface area (Å²) in [6.45, 7) is 36.8. The van der Waals surface area contributed by atoms with Crippen molar-refractivity contribution in [3.63, 3.8) is 0 Å². The molecule has 0 saturated carbocycles. The molecular formula is C60H57O6Sb3. The van der Waals surface area contributed by atoms with Crippen LogP contribution >= 0.6 is 0 Å². The van der Waals surface area contributed by atoms with Gasteiger partial charge < -0.3 is 0 Å². The van der Waals surface area contributed by atoms with E-state index in [1.165, 1.54) is 0 Å². The Labute approximate surface area is 433 Å². The molecule has 0 unspecified atom stereocenters. The molecule has 0 aliphatic rings. The van der Waals surface area contributed by atoms with Crippen LogP contribution in [0.1, 0.15) is 74.9 Å². The Balaban J connectivity index is 1.43. The van der Waals surface area contributed by atoms with Crippen LogP contribution in [-0.4, -0.2) is 63.2 Å². The van der Waals surface area contributed by atoms with E-state index < -0.39 is 63.2 Å². The van der Waals surface area contributed by atoms with Gasteiger partial charge in [0.25, 0.3) is 0 Å². The number of rotatable bonds is 21. The van der Waals surface area contributed by atoms with Gasteiger partial charge in [-0.15, -0.1) is 0 Å². The summed E-state index contributed by atoms with van der Waals surface area (Å²) < 4.78 is 45.0. The molecule has 7 aromatic carbocycles. The summed E-state index contributed by atoms with van der Waals surface area (Å²) in [7, 11) is 0. The van der Waals surface area contributed by atoms with Gasteiger partial charge >= 0.3 is 438 Å². The van der Waals surface area contributed by atoms with E-state index in [-0.39, 0.29) is 0 Å². The molecule has 0 heterocycles. The van der Waals surface area contributed by atoms with Crippen LogP contribution in [-0.2, 0) is 0 Å². The van der Waals surface area contributed by atoms with Gasteiger partial charge in [0, 0.05) is 0 Å². The first-order valence-electron chi connectivity index (χ1n) is 22.3. The molecule has 0 saturated heterocycles. The SMILES string of the molecule is C=C(C)c1ccc([O][Sb]([O]c2ccc(C(=C)C)cc2)[c]2c[c]([Sb]([O]c3ccc(C(=C)C)cc3)[O]c3ccc(C(=C)C)cc3)c[c]([Sb]([O]c3ccc(C(=C)C)cc3)[O]c3ccc(C(=C)C)cc3)c2)cc1. The van der Waals surface area contributed by atoms with Gasteiger partial charge in [-0.1, -0.05) is 0 Å². The Morgan fingerprint density at radius 1 is 0.246 bits per heavy atom. The van der Waals surface area contributed by atoms with Gasteiger partial charge in [0.2, 0.25) is 0 Å². The minimum atomic E-state index is -3.56. The van der Waals surface area contributed by atoms with Crippen molar-refractivity contribution in [3.05, 3.63) is 237 Å². The third-order valence-corrected chi connectivity index (χ3v) is 23.0. The van der Waals surface area contributed by atoms with Crippen LogP contribution in [0.25, 0.3) is 33.4 Å². The molecule has 0 aromatic heterocycles. The summed E-state index contributed by atoms with van der Waals surface area (Å²) in [5.74, 6) is 4.14. The average Bonchev–Trinajstić information content (AvgIpc) is 3.34. The Morgan fingerprint density at radius 2 is 0.377 bits per heavy atom. The van der Waals surface area contributed by atoms with Crippen LogP contribution in [0.2, 0.25) is 0 Å². The van der Waals surface area contributed by atoms with E-state index in [2.05, 4.69) is 57.7 Å². The van der Waals surface area contributed by atoms with Crippen molar-refractivity contribution >= 4 is 107 Å². The van der Waals surface area contributed by atoms with Gasteiger partial charge in [-0.3, -0.25) is 0 Å². The Kier molecular flexibility index (Phi) is 17.5. The number of allylic oxidation sites excluding steroid dienone is 6. The van der Waals surface area contributed by atoms with E-state index in [1.807, 2.05) is 187 Å². The Bertz CT molecular complexity index is 2460. The standard InChI is InChI=1S/6C9H10O.C6H3.3Sb/c6*1-7(2)8-3-5-9(10)6-4-8;1-2-4-6-5-3-1;;;/h6*3-6,10H,1H2,2H3;1,4-5H;;;/q;;;;;;;3*+2/p-6. The van der Waals surface area contributed by atoms with Crippen molar-refractivity contribution in [2.45, 2.75) is 41.5 Å². The molecule has 0 aliphatic heterocycles. The summed E-state index contributed by atoms with van der Waals surface area (Å²) in [4.78, 5) is 0. The first-order valence-corrected chi connectivity index (χ1v) is 32.4. The molecule has 9 heteroatoms. The van der Waals surface area contributed by atoms with E-state index in [9.17, 15) is 0 Å². The Morgan fingerprint density at radius 3 is 0.493 bits per heavy atom. The quantitative estimate of drug-likeness (QED) is 0.0669. The molecule has 0 fully saturated rings. The van der Waals surface area contributed by atoms with Crippen LogP contribution in [0.15, 0.2) is 203 Å². The van der Waals surface area contributed by atoms with Crippen LogP contribution in [0.5, 0.6) is 34.5 Å². The number of hydrogen-bond acceptors (Lipinski definition) is 6. The summed E-state index contributed by atoms with van der Waals surface area (Å²) in [5.41, 5.74) is 12.0. The molecule has 69 heavy (non-hydrogen) atoms. The summed E-state index contributed by atoms with van der Waals surface area (Å²) in [6, 6.07) is 54.5. The fraction of sp³-hybridized carbons (Fsp3) is 0.100. The molecule has 7 aromatic rings. The van der Waals surface area contributed by atoms with Crippen LogP contribution in [0.4, 0.5) is 0 Å². The topological polar surface area (TPSA) is 55.4 Å². The first kappa shape index (κ1) is 51.1. The minimum absolute atomic E-state index is 0.689. The van der Waals surface area contributed by atoms with Gasteiger partial charge in [0.15, 0.2) is 0 Å². The average molecular weight is 1240 g/mol. The van der Waals surface area contributed by atoms with Crippen LogP contribution < -0.4 is 28.6 Å². The molecule has 0 radical (unpaired) electrons. The molecule has 0 aliphatic carbocycles. The zero-order valence-electron chi connectivity index (χ0n) is 40.1. The molecule has 348 valence electrons. The van der Waals surface area contributed by atoms with Gasteiger partial charge in [0.05, 0.1) is 0 Å². The molecule has 0 spiro atoms. The van der Waals surface area contributed by atoms with Crippen molar-refractivity contribution < 1.29 is 18.1 Å². The maximum absolute atomic E-state index is 7.06. The zero-order chi connectivity index (χ0) is 49.2. The van der Waals surface area contributed by atoms with E-state index in [4.69, 9.17) is 18.1 Å². The monoisotopic (exact) mass is 1240 g/mol. The Hall–Kier alpha value is -5.77. The normalized spacial score (nSPS) is 10.9. The third kappa shape index (κ3) is 14.2. The maximum atomic E-state index is 7.06. The molecule has 0 atom stereocenters. The fourth-order valence-corrected chi connectivity index (χ4v) is 21.0. The summed E-state index contributed by atoms with van der Waals surface area (Å²) >= 11 is -10.7. The molecular weight excluding hydrogens is 1180 g/mol. The number of benzene rings is 7.